The first-order valence-corrected chi connectivity index (χ1v) is 12.9. The molecule has 3 rings (SSSR count). The van der Waals surface area contributed by atoms with Gasteiger partial charge < -0.3 is 10.6 Å². The summed E-state index contributed by atoms with van der Waals surface area (Å²) in [5.74, 6) is 0.813. The number of carbonyl (C=O) groups excluding carboxylic acids is 2. The Labute approximate surface area is 185 Å². The van der Waals surface area contributed by atoms with Crippen LogP contribution in [0.2, 0.25) is 0 Å². The summed E-state index contributed by atoms with van der Waals surface area (Å²) >= 11 is 0. The van der Waals surface area contributed by atoms with Gasteiger partial charge in [0.25, 0.3) is 0 Å². The second-order valence-corrected chi connectivity index (χ2v) is 10.9. The van der Waals surface area contributed by atoms with E-state index >= 15 is 0 Å². The first-order valence-electron chi connectivity index (χ1n) is 11.4. The van der Waals surface area contributed by atoms with Gasteiger partial charge in [-0.05, 0) is 74.6 Å². The third-order valence-corrected chi connectivity index (χ3v) is 8.14. The molecule has 172 valence electrons. The maximum atomic E-state index is 12.7. The molecule has 3 N–H and O–H groups in total. The number of hydrogen-bond acceptors (Lipinski definition) is 4. The van der Waals surface area contributed by atoms with E-state index in [2.05, 4.69) is 22.3 Å². The van der Waals surface area contributed by atoms with Crippen LogP contribution in [0.1, 0.15) is 65.2 Å². The number of nitrogens with one attached hydrogen (secondary N) is 3. The highest BCUT2D eigenvalue weighted by Gasteiger charge is 2.30. The Hall–Kier alpha value is -1.93. The number of amides is 2. The molecule has 1 aromatic carbocycles. The number of sulfonamides is 1. The van der Waals surface area contributed by atoms with Crippen LogP contribution < -0.4 is 15.4 Å². The smallest absolute Gasteiger partial charge is 0.240 e. The third-order valence-electron chi connectivity index (χ3n) is 6.70. The average molecular weight is 450 g/mol. The Bertz CT molecular complexity index is 861. The predicted octanol–water partition coefficient (Wildman–Crippen LogP) is 3.42. The zero-order chi connectivity index (χ0) is 22.4. The van der Waals surface area contributed by atoms with Crippen molar-refractivity contribution in [2.24, 2.45) is 17.8 Å². The molecule has 2 saturated carbocycles. The van der Waals surface area contributed by atoms with Crippen LogP contribution in [-0.4, -0.2) is 32.8 Å². The van der Waals surface area contributed by atoms with E-state index in [1.165, 1.54) is 38.3 Å². The Kier molecular flexibility index (Phi) is 8.11. The maximum absolute atomic E-state index is 12.7. The van der Waals surface area contributed by atoms with Crippen LogP contribution in [0.5, 0.6) is 0 Å². The summed E-state index contributed by atoms with van der Waals surface area (Å²) in [5.41, 5.74) is 0.561. The molecule has 0 aliphatic heterocycles. The summed E-state index contributed by atoms with van der Waals surface area (Å²) in [5, 5.41) is 5.89. The molecule has 2 aliphatic carbocycles. The quantitative estimate of drug-likeness (QED) is 0.593. The molecule has 2 amide bonds. The number of carbonyl (C=O) groups is 2. The number of hydrogen-bond donors (Lipinski definition) is 3. The Morgan fingerprint density at radius 2 is 1.61 bits per heavy atom. The monoisotopic (exact) mass is 449 g/mol. The Morgan fingerprint density at radius 3 is 2.23 bits per heavy atom. The van der Waals surface area contributed by atoms with Gasteiger partial charge in [-0.3, -0.25) is 9.59 Å². The van der Waals surface area contributed by atoms with Crippen molar-refractivity contribution in [1.82, 2.24) is 10.0 Å². The van der Waals surface area contributed by atoms with Gasteiger partial charge in [-0.2, -0.15) is 0 Å². The molecule has 2 aliphatic rings. The van der Waals surface area contributed by atoms with E-state index < -0.39 is 10.0 Å². The molecule has 0 saturated heterocycles. The summed E-state index contributed by atoms with van der Waals surface area (Å²) in [4.78, 5) is 23.9. The largest absolute Gasteiger partial charge is 0.353 e. The molecule has 2 atom stereocenters. The van der Waals surface area contributed by atoms with Crippen LogP contribution >= 0.6 is 0 Å². The minimum atomic E-state index is -3.60. The molecule has 0 heterocycles. The fourth-order valence-electron chi connectivity index (χ4n) is 4.69. The highest BCUT2D eigenvalue weighted by molar-refractivity contribution is 7.89. The molecular weight excluding hydrogens is 414 g/mol. The molecule has 8 heteroatoms. The number of rotatable bonds is 7. The van der Waals surface area contributed by atoms with E-state index in [1.807, 2.05) is 0 Å². The standard InChI is InChI=1S/C23H35N3O4S/c1-16-5-3-4-6-22(16)26-23(28)19-9-7-18(8-10-19)15-24-31(29,30)21-13-11-20(12-14-21)25-17(2)27/h11-14,16,18-19,22,24H,3-10,15H2,1-2H3,(H,25,27)(H,26,28)/t16-,18?,19?,22-/m1/s1. The van der Waals surface area contributed by atoms with Crippen LogP contribution in [0, 0.1) is 17.8 Å². The lowest BCUT2D eigenvalue weighted by Crippen LogP contribution is -2.44. The Balaban J connectivity index is 1.44. The molecule has 0 spiro atoms. The van der Waals surface area contributed by atoms with Crippen molar-refractivity contribution in [2.45, 2.75) is 76.2 Å². The third kappa shape index (κ3) is 6.77. The van der Waals surface area contributed by atoms with Crippen molar-refractivity contribution < 1.29 is 18.0 Å². The normalized spacial score (nSPS) is 26.8. The summed E-state index contributed by atoms with van der Waals surface area (Å²) in [6, 6.07) is 6.44. The summed E-state index contributed by atoms with van der Waals surface area (Å²) in [6.07, 6.45) is 8.04. The van der Waals surface area contributed by atoms with Gasteiger partial charge in [-0.1, -0.05) is 19.8 Å². The minimum absolute atomic E-state index is 0.0447. The van der Waals surface area contributed by atoms with Gasteiger partial charge in [0.2, 0.25) is 21.8 Å². The molecule has 0 aromatic heterocycles. The van der Waals surface area contributed by atoms with Crippen LogP contribution in [0.15, 0.2) is 29.2 Å². The van der Waals surface area contributed by atoms with E-state index in [9.17, 15) is 18.0 Å². The molecule has 7 nitrogen and oxygen atoms in total. The highest BCUT2D eigenvalue weighted by Crippen LogP contribution is 2.30. The fraction of sp³-hybridized carbons (Fsp3) is 0.652. The van der Waals surface area contributed by atoms with Crippen LogP contribution in [0.4, 0.5) is 5.69 Å². The lowest BCUT2D eigenvalue weighted by Gasteiger charge is -2.33. The van der Waals surface area contributed by atoms with E-state index in [4.69, 9.17) is 0 Å². The maximum Gasteiger partial charge on any atom is 0.240 e. The Morgan fingerprint density at radius 1 is 0.968 bits per heavy atom. The fourth-order valence-corrected chi connectivity index (χ4v) is 5.81. The van der Waals surface area contributed by atoms with Gasteiger partial charge in [0.1, 0.15) is 0 Å². The predicted molar refractivity (Wildman–Crippen MR) is 121 cm³/mol. The number of benzene rings is 1. The summed E-state index contributed by atoms with van der Waals surface area (Å²) < 4.78 is 27.8. The lowest BCUT2D eigenvalue weighted by molar-refractivity contribution is -0.127. The molecule has 2 fully saturated rings. The van der Waals surface area contributed by atoms with Gasteiger partial charge in [-0.25, -0.2) is 13.1 Å². The molecule has 0 radical (unpaired) electrons. The first kappa shape index (κ1) is 23.7. The van der Waals surface area contributed by atoms with Gasteiger partial charge in [0.05, 0.1) is 4.90 Å². The molecule has 1 aromatic rings. The molecule has 0 unspecified atom stereocenters. The van der Waals surface area contributed by atoms with Gasteiger partial charge in [-0.15, -0.1) is 0 Å². The second-order valence-electron chi connectivity index (χ2n) is 9.15. The zero-order valence-electron chi connectivity index (χ0n) is 18.5. The van der Waals surface area contributed by atoms with Crippen LogP contribution in [0.25, 0.3) is 0 Å². The van der Waals surface area contributed by atoms with Crippen molar-refractivity contribution in [3.63, 3.8) is 0 Å². The van der Waals surface area contributed by atoms with Crippen molar-refractivity contribution in [3.8, 4) is 0 Å². The topological polar surface area (TPSA) is 104 Å². The molecule has 0 bridgehead atoms. The summed E-state index contributed by atoms with van der Waals surface area (Å²) in [6.45, 7) is 4.01. The van der Waals surface area contributed by atoms with E-state index in [-0.39, 0.29) is 28.5 Å². The van der Waals surface area contributed by atoms with Crippen molar-refractivity contribution in [1.29, 1.82) is 0 Å². The van der Waals surface area contributed by atoms with Crippen molar-refractivity contribution in [2.75, 3.05) is 11.9 Å². The van der Waals surface area contributed by atoms with Crippen LogP contribution in [0.3, 0.4) is 0 Å². The first-order chi connectivity index (χ1) is 14.7. The van der Waals surface area contributed by atoms with Gasteiger partial charge in [0, 0.05) is 31.1 Å². The number of anilines is 1. The minimum Gasteiger partial charge on any atom is -0.353 e. The zero-order valence-corrected chi connectivity index (χ0v) is 19.3. The highest BCUT2D eigenvalue weighted by atomic mass is 32.2. The molecule has 31 heavy (non-hydrogen) atoms. The van der Waals surface area contributed by atoms with Gasteiger partial charge in [0.15, 0.2) is 0 Å². The SMILES string of the molecule is CC(=O)Nc1ccc(S(=O)(=O)NCC2CCC(C(=O)N[C@@H]3CCCC[C@H]3C)CC2)cc1. The second kappa shape index (κ2) is 10.6. The summed E-state index contributed by atoms with van der Waals surface area (Å²) in [7, 11) is -3.60. The van der Waals surface area contributed by atoms with E-state index in [1.54, 1.807) is 12.1 Å². The lowest BCUT2D eigenvalue weighted by atomic mass is 9.80. The van der Waals surface area contributed by atoms with Crippen molar-refractivity contribution in [3.05, 3.63) is 24.3 Å². The van der Waals surface area contributed by atoms with Crippen molar-refractivity contribution >= 4 is 27.5 Å². The van der Waals surface area contributed by atoms with E-state index in [0.717, 1.165) is 32.1 Å². The van der Waals surface area contributed by atoms with Gasteiger partial charge >= 0.3 is 0 Å². The average Bonchev–Trinajstić information content (AvgIpc) is 2.74. The molecular formula is C23H35N3O4S. The van der Waals surface area contributed by atoms with Crippen LogP contribution in [-0.2, 0) is 19.6 Å². The van der Waals surface area contributed by atoms with E-state index in [0.29, 0.717) is 24.2 Å².